The fourth-order valence-corrected chi connectivity index (χ4v) is 1.92. The summed E-state index contributed by atoms with van der Waals surface area (Å²) in [5.74, 6) is 0. The zero-order valence-electron chi connectivity index (χ0n) is 9.15. The minimum Gasteiger partial charge on any atom is -0.316 e. The number of hydrogen-bond acceptors (Lipinski definition) is 2. The Balaban J connectivity index is 2.05. The Kier molecular flexibility index (Phi) is 3.95. The van der Waals surface area contributed by atoms with Gasteiger partial charge in [-0.3, -0.25) is 4.68 Å². The number of benzene rings is 1. The number of hydrogen-bond donors (Lipinski definition) is 1. The summed E-state index contributed by atoms with van der Waals surface area (Å²) in [5, 5.41) is 7.44. The molecule has 2 rings (SSSR count). The molecule has 0 aliphatic carbocycles. The van der Waals surface area contributed by atoms with Crippen LogP contribution < -0.4 is 5.32 Å². The Morgan fingerprint density at radius 3 is 2.69 bits per heavy atom. The van der Waals surface area contributed by atoms with Gasteiger partial charge in [0.05, 0.1) is 12.7 Å². The Morgan fingerprint density at radius 2 is 2.00 bits per heavy atom. The molecule has 0 radical (unpaired) electrons. The van der Waals surface area contributed by atoms with E-state index in [0.717, 1.165) is 13.1 Å². The van der Waals surface area contributed by atoms with Gasteiger partial charge in [0.1, 0.15) is 0 Å². The predicted octanol–water partition coefficient (Wildman–Crippen LogP) is 2.26. The molecule has 0 aliphatic heterocycles. The van der Waals surface area contributed by atoms with Crippen LogP contribution in [0.25, 0.3) is 0 Å². The highest BCUT2D eigenvalue weighted by atomic mass is 127. The lowest BCUT2D eigenvalue weighted by Gasteiger charge is -2.01. The zero-order valence-corrected chi connectivity index (χ0v) is 11.3. The van der Waals surface area contributed by atoms with Crippen LogP contribution >= 0.6 is 22.6 Å². The van der Waals surface area contributed by atoms with Crippen molar-refractivity contribution in [1.29, 1.82) is 0 Å². The molecule has 4 heteroatoms. The largest absolute Gasteiger partial charge is 0.316 e. The first-order chi connectivity index (χ1) is 7.78. The summed E-state index contributed by atoms with van der Waals surface area (Å²) in [6.07, 6.45) is 3.98. The molecular weight excluding hydrogens is 313 g/mol. The van der Waals surface area contributed by atoms with Crippen LogP contribution in [0.4, 0.5) is 0 Å². The maximum Gasteiger partial charge on any atom is 0.0659 e. The number of halogens is 1. The summed E-state index contributed by atoms with van der Waals surface area (Å²) >= 11 is 2.31. The molecule has 1 aromatic heterocycles. The van der Waals surface area contributed by atoms with Crippen molar-refractivity contribution in [1.82, 2.24) is 15.1 Å². The van der Waals surface area contributed by atoms with Gasteiger partial charge in [-0.1, -0.05) is 12.1 Å². The maximum atomic E-state index is 4.33. The van der Waals surface area contributed by atoms with Crippen LogP contribution in [-0.4, -0.2) is 16.8 Å². The van der Waals surface area contributed by atoms with E-state index in [4.69, 9.17) is 0 Å². The van der Waals surface area contributed by atoms with Crippen molar-refractivity contribution >= 4 is 22.6 Å². The minimum absolute atomic E-state index is 0.834. The van der Waals surface area contributed by atoms with Gasteiger partial charge in [0.2, 0.25) is 0 Å². The van der Waals surface area contributed by atoms with Gasteiger partial charge in [-0.2, -0.15) is 5.10 Å². The van der Waals surface area contributed by atoms with Gasteiger partial charge < -0.3 is 5.32 Å². The third-order valence-electron chi connectivity index (χ3n) is 2.33. The number of rotatable bonds is 4. The van der Waals surface area contributed by atoms with Crippen LogP contribution in [0.2, 0.25) is 0 Å². The Morgan fingerprint density at radius 1 is 1.25 bits per heavy atom. The number of aromatic nitrogens is 2. The summed E-state index contributed by atoms with van der Waals surface area (Å²) in [6, 6.07) is 8.52. The SMILES string of the molecule is CNCc1cnn(Cc2ccc(I)cc2)c1. The summed E-state index contributed by atoms with van der Waals surface area (Å²) in [6.45, 7) is 1.70. The smallest absolute Gasteiger partial charge is 0.0659 e. The molecule has 0 saturated carbocycles. The van der Waals surface area contributed by atoms with E-state index in [1.54, 1.807) is 0 Å². The van der Waals surface area contributed by atoms with Crippen molar-refractivity contribution in [2.24, 2.45) is 0 Å². The fourth-order valence-electron chi connectivity index (χ4n) is 1.57. The van der Waals surface area contributed by atoms with E-state index in [0.29, 0.717) is 0 Å². The van der Waals surface area contributed by atoms with Crippen molar-refractivity contribution in [3.63, 3.8) is 0 Å². The highest BCUT2D eigenvalue weighted by molar-refractivity contribution is 14.1. The van der Waals surface area contributed by atoms with E-state index in [-0.39, 0.29) is 0 Å². The van der Waals surface area contributed by atoms with Gasteiger partial charge in [-0.25, -0.2) is 0 Å². The molecule has 16 heavy (non-hydrogen) atoms. The Hall–Kier alpha value is -0.880. The van der Waals surface area contributed by atoms with Crippen LogP contribution in [-0.2, 0) is 13.1 Å². The van der Waals surface area contributed by atoms with Crippen molar-refractivity contribution in [3.05, 3.63) is 51.4 Å². The molecule has 0 atom stereocenters. The molecule has 0 fully saturated rings. The lowest BCUT2D eigenvalue weighted by molar-refractivity contribution is 0.685. The molecule has 0 saturated heterocycles. The zero-order chi connectivity index (χ0) is 11.4. The van der Waals surface area contributed by atoms with E-state index in [1.165, 1.54) is 14.7 Å². The molecule has 0 bridgehead atoms. The second kappa shape index (κ2) is 5.45. The number of nitrogens with one attached hydrogen (secondary N) is 1. The third kappa shape index (κ3) is 3.05. The highest BCUT2D eigenvalue weighted by Crippen LogP contribution is 2.08. The average Bonchev–Trinajstić information content (AvgIpc) is 2.70. The molecule has 3 nitrogen and oxygen atoms in total. The van der Waals surface area contributed by atoms with E-state index in [1.807, 2.05) is 17.9 Å². The van der Waals surface area contributed by atoms with Crippen molar-refractivity contribution in [3.8, 4) is 0 Å². The van der Waals surface area contributed by atoms with Crippen LogP contribution in [0.5, 0.6) is 0 Å². The predicted molar refractivity (Wildman–Crippen MR) is 73.3 cm³/mol. The summed E-state index contributed by atoms with van der Waals surface area (Å²) < 4.78 is 3.23. The van der Waals surface area contributed by atoms with E-state index in [2.05, 4.69) is 63.5 Å². The molecule has 0 unspecified atom stereocenters. The summed E-state index contributed by atoms with van der Waals surface area (Å²) in [5.41, 5.74) is 2.49. The summed E-state index contributed by atoms with van der Waals surface area (Å²) in [7, 11) is 1.94. The van der Waals surface area contributed by atoms with Gasteiger partial charge in [0, 0.05) is 21.9 Å². The molecule has 84 valence electrons. The maximum absolute atomic E-state index is 4.33. The normalized spacial score (nSPS) is 10.6. The second-order valence-corrected chi connectivity index (χ2v) is 4.95. The van der Waals surface area contributed by atoms with Crippen LogP contribution in [0.15, 0.2) is 36.7 Å². The van der Waals surface area contributed by atoms with Gasteiger partial charge in [0.25, 0.3) is 0 Å². The lowest BCUT2D eigenvalue weighted by atomic mass is 10.2. The molecule has 1 aromatic carbocycles. The fraction of sp³-hybridized carbons (Fsp3) is 0.250. The molecule has 0 amide bonds. The van der Waals surface area contributed by atoms with E-state index < -0.39 is 0 Å². The van der Waals surface area contributed by atoms with Gasteiger partial charge in [-0.05, 0) is 47.3 Å². The van der Waals surface area contributed by atoms with Crippen LogP contribution in [0, 0.1) is 3.57 Å². The lowest BCUT2D eigenvalue weighted by Crippen LogP contribution is -2.04. The van der Waals surface area contributed by atoms with Gasteiger partial charge in [0.15, 0.2) is 0 Å². The molecule has 1 heterocycles. The topological polar surface area (TPSA) is 29.9 Å². The quantitative estimate of drug-likeness (QED) is 0.873. The molecule has 0 spiro atoms. The highest BCUT2D eigenvalue weighted by Gasteiger charge is 1.98. The van der Waals surface area contributed by atoms with Crippen LogP contribution in [0.1, 0.15) is 11.1 Å². The van der Waals surface area contributed by atoms with Gasteiger partial charge in [-0.15, -0.1) is 0 Å². The van der Waals surface area contributed by atoms with Crippen molar-refractivity contribution in [2.45, 2.75) is 13.1 Å². The first-order valence-electron chi connectivity index (χ1n) is 5.18. The minimum atomic E-state index is 0.834. The van der Waals surface area contributed by atoms with Gasteiger partial charge >= 0.3 is 0 Å². The van der Waals surface area contributed by atoms with Crippen LogP contribution in [0.3, 0.4) is 0 Å². The third-order valence-corrected chi connectivity index (χ3v) is 3.04. The first kappa shape index (κ1) is 11.6. The van der Waals surface area contributed by atoms with E-state index in [9.17, 15) is 0 Å². The number of nitrogens with zero attached hydrogens (tertiary/aromatic N) is 2. The standard InChI is InChI=1S/C12H14IN3/c1-14-6-11-7-15-16(9-11)8-10-2-4-12(13)5-3-10/h2-5,7,9,14H,6,8H2,1H3. The molecule has 0 aliphatic rings. The second-order valence-electron chi connectivity index (χ2n) is 3.70. The molecule has 1 N–H and O–H groups in total. The monoisotopic (exact) mass is 327 g/mol. The molecular formula is C12H14IN3. The molecule has 2 aromatic rings. The Labute approximate surface area is 109 Å². The first-order valence-corrected chi connectivity index (χ1v) is 6.26. The summed E-state index contributed by atoms with van der Waals surface area (Å²) in [4.78, 5) is 0. The Bertz CT molecular complexity index is 448. The van der Waals surface area contributed by atoms with Crippen molar-refractivity contribution in [2.75, 3.05) is 7.05 Å². The van der Waals surface area contributed by atoms with Crippen molar-refractivity contribution < 1.29 is 0 Å². The average molecular weight is 327 g/mol. The van der Waals surface area contributed by atoms with E-state index >= 15 is 0 Å².